The zero-order chi connectivity index (χ0) is 25.3. The summed E-state index contributed by atoms with van der Waals surface area (Å²) >= 11 is 1.58. The Morgan fingerprint density at radius 3 is 2.58 bits per heavy atom. The van der Waals surface area contributed by atoms with E-state index in [1.807, 2.05) is 36.1 Å². The highest BCUT2D eigenvalue weighted by atomic mass is 32.2. The number of unbranched alkanes of at least 4 members (excludes halogenated alkanes) is 2. The van der Waals surface area contributed by atoms with E-state index in [9.17, 15) is 19.5 Å². The molecule has 0 aromatic rings. The van der Waals surface area contributed by atoms with Crippen LogP contribution in [0.4, 0.5) is 0 Å². The molecule has 0 bridgehead atoms. The van der Waals surface area contributed by atoms with Crippen LogP contribution in [-0.2, 0) is 23.9 Å². The van der Waals surface area contributed by atoms with Crippen LogP contribution in [0.15, 0.2) is 24.3 Å². The van der Waals surface area contributed by atoms with Crippen LogP contribution >= 0.6 is 11.8 Å². The molecule has 5 heterocycles. The minimum Gasteiger partial charge on any atom is -0.461 e. The SMILES string of the molecule is C[C@@]12C=CCOC(=O)[C@@H]1[C@H]1C(=O)N(CCCCCO)C3C(=O)N(CCN4CCOCC4)CC=C[C@@]31S2. The second-order valence-electron chi connectivity index (χ2n) is 10.5. The third kappa shape index (κ3) is 4.40. The van der Waals surface area contributed by atoms with Gasteiger partial charge < -0.3 is 24.4 Å². The molecule has 3 saturated heterocycles. The molecule has 10 heteroatoms. The Balaban J connectivity index is 1.46. The van der Waals surface area contributed by atoms with Crippen molar-refractivity contribution in [3.05, 3.63) is 24.3 Å². The van der Waals surface area contributed by atoms with Crippen LogP contribution in [0.2, 0.25) is 0 Å². The fraction of sp³-hybridized carbons (Fsp3) is 0.731. The smallest absolute Gasteiger partial charge is 0.311 e. The Hall–Kier alpha value is -1.88. The molecule has 0 aromatic carbocycles. The second kappa shape index (κ2) is 10.5. The number of hydrogen-bond donors (Lipinski definition) is 1. The Morgan fingerprint density at radius 1 is 1.00 bits per heavy atom. The van der Waals surface area contributed by atoms with Crippen molar-refractivity contribution < 1.29 is 29.0 Å². The van der Waals surface area contributed by atoms with Gasteiger partial charge in [-0.3, -0.25) is 19.3 Å². The van der Waals surface area contributed by atoms with Gasteiger partial charge in [0.25, 0.3) is 0 Å². The molecule has 3 fully saturated rings. The summed E-state index contributed by atoms with van der Waals surface area (Å²) in [6, 6.07) is -0.664. The molecule has 9 nitrogen and oxygen atoms in total. The number of aliphatic hydroxyl groups excluding tert-OH is 1. The lowest BCUT2D eigenvalue weighted by Gasteiger charge is -2.37. The number of rotatable bonds is 8. The van der Waals surface area contributed by atoms with E-state index in [1.165, 1.54) is 0 Å². The number of carbonyl (C=O) groups is 3. The first-order valence-corrected chi connectivity index (χ1v) is 14.0. The summed E-state index contributed by atoms with van der Waals surface area (Å²) < 4.78 is 9.48. The van der Waals surface area contributed by atoms with E-state index in [0.717, 1.165) is 26.1 Å². The summed E-state index contributed by atoms with van der Waals surface area (Å²) in [5.74, 6) is -1.83. The van der Waals surface area contributed by atoms with Crippen molar-refractivity contribution in [3.8, 4) is 0 Å². The standard InChI is InChI=1S/C26H37N3O6S/c1-25-7-6-16-35-24(33)20(25)19-22(31)29(10-3-2-4-15-30)21-23(32)28(9-5-8-26(19,21)36-25)12-11-27-13-17-34-18-14-27/h5-8,19-21,30H,2-4,9-18H2,1H3/t19-,20-,21?,25+,26-/m0/s1. The van der Waals surface area contributed by atoms with Gasteiger partial charge in [0, 0.05) is 50.6 Å². The van der Waals surface area contributed by atoms with E-state index in [2.05, 4.69) is 4.90 Å². The first-order valence-electron chi connectivity index (χ1n) is 13.1. The Kier molecular flexibility index (Phi) is 7.49. The van der Waals surface area contributed by atoms with Crippen molar-refractivity contribution in [2.75, 3.05) is 65.7 Å². The van der Waals surface area contributed by atoms with Crippen molar-refractivity contribution >= 4 is 29.5 Å². The van der Waals surface area contributed by atoms with Gasteiger partial charge in [-0.15, -0.1) is 11.8 Å². The average molecular weight is 520 g/mol. The van der Waals surface area contributed by atoms with Crippen LogP contribution in [0.3, 0.4) is 0 Å². The quantitative estimate of drug-likeness (QED) is 0.284. The third-order valence-electron chi connectivity index (χ3n) is 8.24. The molecule has 5 atom stereocenters. The summed E-state index contributed by atoms with van der Waals surface area (Å²) in [6.07, 6.45) is 10.0. The van der Waals surface area contributed by atoms with E-state index in [-0.39, 0.29) is 31.0 Å². The number of carbonyl (C=O) groups excluding carboxylic acids is 3. The number of esters is 1. The monoisotopic (exact) mass is 519 g/mol. The summed E-state index contributed by atoms with van der Waals surface area (Å²) in [5.41, 5.74) is 0. The van der Waals surface area contributed by atoms with Gasteiger partial charge in [0.05, 0.1) is 29.8 Å². The third-order valence-corrected chi connectivity index (χ3v) is 10.0. The van der Waals surface area contributed by atoms with Crippen molar-refractivity contribution in [3.63, 3.8) is 0 Å². The molecule has 198 valence electrons. The fourth-order valence-electron chi connectivity index (χ4n) is 6.50. The highest BCUT2D eigenvalue weighted by Gasteiger charge is 2.73. The molecule has 1 spiro atoms. The summed E-state index contributed by atoms with van der Waals surface area (Å²) in [5, 5.41) is 9.20. The summed E-state index contributed by atoms with van der Waals surface area (Å²) in [4.78, 5) is 47.3. The molecule has 0 saturated carbocycles. The maximum absolute atomic E-state index is 14.2. The zero-order valence-electron chi connectivity index (χ0n) is 21.0. The lowest BCUT2D eigenvalue weighted by atomic mass is 9.75. The first kappa shape index (κ1) is 25.8. The molecule has 0 radical (unpaired) electrons. The Bertz CT molecular complexity index is 937. The molecule has 5 rings (SSSR count). The molecular weight excluding hydrogens is 482 g/mol. The molecule has 2 amide bonds. The van der Waals surface area contributed by atoms with Crippen LogP contribution in [0.25, 0.3) is 0 Å². The zero-order valence-corrected chi connectivity index (χ0v) is 21.8. The van der Waals surface area contributed by atoms with E-state index in [1.54, 1.807) is 16.7 Å². The molecule has 1 unspecified atom stereocenters. The summed E-state index contributed by atoms with van der Waals surface area (Å²) in [6.45, 7) is 7.70. The molecule has 0 aromatic heterocycles. The van der Waals surface area contributed by atoms with Crippen molar-refractivity contribution in [2.24, 2.45) is 11.8 Å². The molecule has 5 aliphatic heterocycles. The Morgan fingerprint density at radius 2 is 1.81 bits per heavy atom. The minimum absolute atomic E-state index is 0.0452. The number of amides is 2. The molecule has 1 N–H and O–H groups in total. The van der Waals surface area contributed by atoms with Crippen LogP contribution < -0.4 is 0 Å². The van der Waals surface area contributed by atoms with Crippen LogP contribution in [0.5, 0.6) is 0 Å². The molecule has 5 aliphatic rings. The van der Waals surface area contributed by atoms with Gasteiger partial charge in [-0.05, 0) is 32.3 Å². The van der Waals surface area contributed by atoms with Gasteiger partial charge in [-0.2, -0.15) is 0 Å². The van der Waals surface area contributed by atoms with Gasteiger partial charge in [0.2, 0.25) is 11.8 Å². The number of hydrogen-bond acceptors (Lipinski definition) is 8. The molecular formula is C26H37N3O6S. The van der Waals surface area contributed by atoms with E-state index >= 15 is 0 Å². The van der Waals surface area contributed by atoms with Gasteiger partial charge >= 0.3 is 5.97 Å². The number of nitrogens with zero attached hydrogens (tertiary/aromatic N) is 3. The highest BCUT2D eigenvalue weighted by Crippen LogP contribution is 2.65. The van der Waals surface area contributed by atoms with Gasteiger partial charge in [-0.25, -0.2) is 0 Å². The van der Waals surface area contributed by atoms with Gasteiger partial charge in [0.15, 0.2) is 0 Å². The van der Waals surface area contributed by atoms with Gasteiger partial charge in [-0.1, -0.05) is 18.2 Å². The first-order chi connectivity index (χ1) is 17.4. The number of ether oxygens (including phenoxy) is 2. The van der Waals surface area contributed by atoms with E-state index in [0.29, 0.717) is 45.7 Å². The van der Waals surface area contributed by atoms with E-state index < -0.39 is 27.4 Å². The minimum atomic E-state index is -0.820. The second-order valence-corrected chi connectivity index (χ2v) is 12.3. The summed E-state index contributed by atoms with van der Waals surface area (Å²) in [7, 11) is 0. The maximum atomic E-state index is 14.2. The van der Waals surface area contributed by atoms with Crippen molar-refractivity contribution in [1.82, 2.24) is 14.7 Å². The van der Waals surface area contributed by atoms with Crippen LogP contribution in [-0.4, -0.2) is 119 Å². The number of morpholine rings is 1. The topological polar surface area (TPSA) is 99.6 Å². The van der Waals surface area contributed by atoms with Crippen molar-refractivity contribution in [1.29, 1.82) is 0 Å². The van der Waals surface area contributed by atoms with Crippen LogP contribution in [0.1, 0.15) is 26.2 Å². The number of fused-ring (bicyclic) bond motifs is 2. The predicted molar refractivity (Wildman–Crippen MR) is 135 cm³/mol. The number of cyclic esters (lactones) is 1. The molecule has 0 aliphatic carbocycles. The normalized spacial score (nSPS) is 36.4. The molecule has 36 heavy (non-hydrogen) atoms. The predicted octanol–water partition coefficient (Wildman–Crippen LogP) is 0.680. The maximum Gasteiger partial charge on any atom is 0.311 e. The van der Waals surface area contributed by atoms with E-state index in [4.69, 9.17) is 9.47 Å². The number of aliphatic hydroxyl groups is 1. The Labute approximate surface area is 216 Å². The van der Waals surface area contributed by atoms with Crippen molar-refractivity contribution in [2.45, 2.75) is 41.7 Å². The highest BCUT2D eigenvalue weighted by molar-refractivity contribution is 8.02. The average Bonchev–Trinajstić information content (AvgIpc) is 3.12. The largest absolute Gasteiger partial charge is 0.461 e. The fourth-order valence-corrected chi connectivity index (χ4v) is 8.65. The number of likely N-dealkylation sites (tertiary alicyclic amines) is 1. The lowest BCUT2D eigenvalue weighted by Crippen LogP contribution is -2.54. The lowest BCUT2D eigenvalue weighted by molar-refractivity contribution is -0.152. The van der Waals surface area contributed by atoms with Crippen LogP contribution in [0, 0.1) is 11.8 Å². The number of thioether (sulfide) groups is 1. The van der Waals surface area contributed by atoms with Gasteiger partial charge in [0.1, 0.15) is 12.6 Å².